The van der Waals surface area contributed by atoms with Crippen molar-refractivity contribution in [2.24, 2.45) is 0 Å². The van der Waals surface area contributed by atoms with Crippen molar-refractivity contribution in [3.8, 4) is 0 Å². The van der Waals surface area contributed by atoms with Crippen molar-refractivity contribution in [2.45, 2.75) is 19.0 Å². The lowest BCUT2D eigenvalue weighted by Gasteiger charge is -2.19. The van der Waals surface area contributed by atoms with Crippen molar-refractivity contribution in [1.29, 1.82) is 0 Å². The van der Waals surface area contributed by atoms with Crippen LogP contribution in [0.3, 0.4) is 0 Å². The van der Waals surface area contributed by atoms with Crippen LogP contribution in [0.2, 0.25) is 0 Å². The van der Waals surface area contributed by atoms with Crippen LogP contribution in [0, 0.1) is 5.21 Å². The topological polar surface area (TPSA) is 55.4 Å². The molecule has 1 saturated heterocycles. The Morgan fingerprint density at radius 2 is 1.84 bits per heavy atom. The van der Waals surface area contributed by atoms with Crippen LogP contribution in [-0.4, -0.2) is 23.9 Å². The predicted octanol–water partition coefficient (Wildman–Crippen LogP) is 2.85. The minimum absolute atomic E-state index is 0.116. The first kappa shape index (κ1) is 13.7. The second kappa shape index (κ2) is 5.08. The van der Waals surface area contributed by atoms with E-state index in [9.17, 15) is 23.2 Å². The maximum Gasteiger partial charge on any atom is 0.416 e. The summed E-state index contributed by atoms with van der Waals surface area (Å²) in [6, 6.07) is 2.61. The van der Waals surface area contributed by atoms with Gasteiger partial charge in [-0.05, 0) is 31.0 Å². The Bertz CT molecular complexity index is 482. The summed E-state index contributed by atoms with van der Waals surface area (Å²) in [5.74, 6) is -0.472. The molecule has 1 aliphatic rings. The van der Waals surface area contributed by atoms with Crippen LogP contribution in [0.4, 0.5) is 18.9 Å². The maximum atomic E-state index is 12.7. The number of amides is 1. The van der Waals surface area contributed by atoms with Crippen LogP contribution in [0.5, 0.6) is 0 Å². The maximum absolute atomic E-state index is 12.7. The standard InChI is InChI=1S/C12H12F3N2O2/c13-12(14,15)9-5-8(6-10(7-9)16-19)11(18)17-3-1-2-4-17/h5-7,16H,1-4H2/q-1. The van der Waals surface area contributed by atoms with Crippen LogP contribution in [-0.2, 0) is 6.18 Å². The number of nitrogens with zero attached hydrogens (tertiary/aromatic N) is 1. The summed E-state index contributed by atoms with van der Waals surface area (Å²) in [4.78, 5) is 13.5. The van der Waals surface area contributed by atoms with Crippen molar-refractivity contribution >= 4 is 11.6 Å². The van der Waals surface area contributed by atoms with Crippen molar-refractivity contribution in [3.05, 3.63) is 34.5 Å². The normalized spacial score (nSPS) is 15.7. The molecule has 1 aromatic rings. The fraction of sp³-hybridized carbons (Fsp3) is 0.417. The molecule has 0 unspecified atom stereocenters. The molecule has 0 radical (unpaired) electrons. The molecule has 4 nitrogen and oxygen atoms in total. The molecule has 1 amide bonds. The number of benzene rings is 1. The second-order valence-corrected chi connectivity index (χ2v) is 4.40. The number of likely N-dealkylation sites (tertiary alicyclic amines) is 1. The summed E-state index contributed by atoms with van der Waals surface area (Å²) in [6.07, 6.45) is -2.90. The molecule has 0 aromatic heterocycles. The van der Waals surface area contributed by atoms with E-state index in [0.29, 0.717) is 19.2 Å². The lowest BCUT2D eigenvalue weighted by molar-refractivity contribution is -0.137. The number of hydrogen-bond acceptors (Lipinski definition) is 3. The zero-order valence-electron chi connectivity index (χ0n) is 9.96. The predicted molar refractivity (Wildman–Crippen MR) is 63.6 cm³/mol. The summed E-state index contributed by atoms with van der Waals surface area (Å²) in [6.45, 7) is 1.07. The van der Waals surface area contributed by atoms with Crippen LogP contribution >= 0.6 is 0 Å². The Balaban J connectivity index is 2.36. The third-order valence-electron chi connectivity index (χ3n) is 3.02. The van der Waals surface area contributed by atoms with Crippen LogP contribution in [0.15, 0.2) is 18.2 Å². The van der Waals surface area contributed by atoms with Crippen molar-refractivity contribution in [1.82, 2.24) is 4.90 Å². The molecule has 7 heteroatoms. The summed E-state index contributed by atoms with van der Waals surface area (Å²) in [5, 5.41) is 10.6. The molecule has 1 fully saturated rings. The van der Waals surface area contributed by atoms with Gasteiger partial charge in [-0.1, -0.05) is 0 Å². The average molecular weight is 273 g/mol. The Morgan fingerprint density at radius 1 is 1.21 bits per heavy atom. The monoisotopic (exact) mass is 273 g/mol. The number of alkyl halides is 3. The Hall–Kier alpha value is -1.76. The van der Waals surface area contributed by atoms with Crippen LogP contribution in [0.25, 0.3) is 0 Å². The summed E-state index contributed by atoms with van der Waals surface area (Å²) < 4.78 is 38.0. The molecule has 0 bridgehead atoms. The largest absolute Gasteiger partial charge is 0.761 e. The van der Waals surface area contributed by atoms with Gasteiger partial charge in [-0.2, -0.15) is 13.2 Å². The highest BCUT2D eigenvalue weighted by Gasteiger charge is 2.32. The lowest BCUT2D eigenvalue weighted by atomic mass is 10.1. The van der Waals surface area contributed by atoms with Crippen molar-refractivity contribution < 1.29 is 18.0 Å². The van der Waals surface area contributed by atoms with Gasteiger partial charge in [0.25, 0.3) is 5.91 Å². The van der Waals surface area contributed by atoms with Gasteiger partial charge in [0, 0.05) is 24.3 Å². The number of halogens is 3. The quantitative estimate of drug-likeness (QED) is 0.843. The highest BCUT2D eigenvalue weighted by molar-refractivity contribution is 5.95. The Morgan fingerprint density at radius 3 is 2.37 bits per heavy atom. The van der Waals surface area contributed by atoms with Gasteiger partial charge in [-0.25, -0.2) is 0 Å². The molecule has 0 spiro atoms. The lowest BCUT2D eigenvalue weighted by Crippen LogP contribution is -2.28. The minimum atomic E-state index is -4.59. The van der Waals surface area contributed by atoms with Gasteiger partial charge >= 0.3 is 6.18 Å². The SMILES string of the molecule is O=C(c1cc(N[O-])cc(C(F)(F)F)c1)N1CCCC1. The van der Waals surface area contributed by atoms with Gasteiger partial charge in [0.2, 0.25) is 0 Å². The second-order valence-electron chi connectivity index (χ2n) is 4.40. The van der Waals surface area contributed by atoms with E-state index in [1.54, 1.807) is 0 Å². The Kier molecular flexibility index (Phi) is 3.66. The number of hydrogen-bond donors (Lipinski definition) is 1. The van der Waals surface area contributed by atoms with Crippen molar-refractivity contribution in [2.75, 3.05) is 18.6 Å². The minimum Gasteiger partial charge on any atom is -0.761 e. The molecule has 2 rings (SSSR count). The fourth-order valence-electron chi connectivity index (χ4n) is 2.08. The highest BCUT2D eigenvalue weighted by atomic mass is 19.4. The molecule has 0 saturated carbocycles. The van der Waals surface area contributed by atoms with E-state index in [0.717, 1.165) is 25.0 Å². The summed E-state index contributed by atoms with van der Waals surface area (Å²) >= 11 is 0. The van der Waals surface area contributed by atoms with Crippen LogP contribution in [0.1, 0.15) is 28.8 Å². The number of carbonyl (C=O) groups excluding carboxylic acids is 1. The van der Waals surface area contributed by atoms with E-state index in [1.807, 2.05) is 0 Å². The van der Waals surface area contributed by atoms with E-state index in [2.05, 4.69) is 0 Å². The molecule has 1 aliphatic heterocycles. The number of anilines is 1. The average Bonchev–Trinajstić information content (AvgIpc) is 2.90. The summed E-state index contributed by atoms with van der Waals surface area (Å²) in [7, 11) is 0. The van der Waals surface area contributed by atoms with Gasteiger partial charge < -0.3 is 15.6 Å². The van der Waals surface area contributed by atoms with E-state index < -0.39 is 17.6 Å². The smallest absolute Gasteiger partial charge is 0.416 e. The van der Waals surface area contributed by atoms with E-state index in [4.69, 9.17) is 0 Å². The van der Waals surface area contributed by atoms with Gasteiger partial charge in [-0.3, -0.25) is 4.79 Å². The summed E-state index contributed by atoms with van der Waals surface area (Å²) in [5.41, 5.74) is 0.0188. The van der Waals surface area contributed by atoms with Gasteiger partial charge in [-0.15, -0.1) is 0 Å². The molecule has 1 heterocycles. The van der Waals surface area contributed by atoms with E-state index in [1.165, 1.54) is 10.4 Å². The molecule has 1 N–H and O–H groups in total. The molecule has 0 atom stereocenters. The fourth-order valence-corrected chi connectivity index (χ4v) is 2.08. The van der Waals surface area contributed by atoms with Crippen LogP contribution < -0.4 is 5.48 Å². The molecule has 104 valence electrons. The molecule has 1 aromatic carbocycles. The van der Waals surface area contributed by atoms with Gasteiger partial charge in [0.05, 0.1) is 5.56 Å². The third-order valence-corrected chi connectivity index (χ3v) is 3.02. The zero-order chi connectivity index (χ0) is 14.0. The van der Waals surface area contributed by atoms with E-state index in [-0.39, 0.29) is 11.3 Å². The number of nitrogens with one attached hydrogen (secondary N) is 1. The van der Waals surface area contributed by atoms with Gasteiger partial charge in [0.15, 0.2) is 0 Å². The molecular weight excluding hydrogens is 261 g/mol. The first-order valence-corrected chi connectivity index (χ1v) is 5.81. The molecule has 19 heavy (non-hydrogen) atoms. The number of carbonyl (C=O) groups is 1. The molecular formula is C12H12F3N2O2-. The van der Waals surface area contributed by atoms with Gasteiger partial charge in [0.1, 0.15) is 0 Å². The first-order chi connectivity index (χ1) is 8.91. The number of rotatable bonds is 2. The van der Waals surface area contributed by atoms with Crippen molar-refractivity contribution in [3.63, 3.8) is 0 Å². The first-order valence-electron chi connectivity index (χ1n) is 5.81. The highest BCUT2D eigenvalue weighted by Crippen LogP contribution is 2.32. The third kappa shape index (κ3) is 2.98. The zero-order valence-corrected chi connectivity index (χ0v) is 9.96. The van der Waals surface area contributed by atoms with E-state index >= 15 is 0 Å². The molecule has 0 aliphatic carbocycles. The Labute approximate surface area is 107 Å².